The number of nitrogens with zero attached hydrogens (tertiary/aromatic N) is 3. The van der Waals surface area contributed by atoms with Crippen molar-refractivity contribution in [2.24, 2.45) is 0 Å². The smallest absolute Gasteiger partial charge is 0.272 e. The zero-order valence-electron chi connectivity index (χ0n) is 11.3. The number of hydrogen-bond acceptors (Lipinski definition) is 3. The molecule has 0 aliphatic carbocycles. The van der Waals surface area contributed by atoms with Crippen molar-refractivity contribution in [1.29, 1.82) is 0 Å². The van der Waals surface area contributed by atoms with Crippen molar-refractivity contribution < 1.29 is 4.79 Å². The fourth-order valence-corrected chi connectivity index (χ4v) is 2.11. The molecular formula is C14H15N5O. The molecule has 20 heavy (non-hydrogen) atoms. The highest BCUT2D eigenvalue weighted by Crippen LogP contribution is 2.10. The van der Waals surface area contributed by atoms with E-state index < -0.39 is 0 Å². The Morgan fingerprint density at radius 2 is 2.30 bits per heavy atom. The SMILES string of the molecule is Cc1cccc2nc(C(=O)NC(C)c3ncc[nH]3)cn12. The fraction of sp³-hybridized carbons (Fsp3) is 0.214. The van der Waals surface area contributed by atoms with Gasteiger partial charge in [-0.3, -0.25) is 4.79 Å². The van der Waals surface area contributed by atoms with Crippen LogP contribution in [0.4, 0.5) is 0 Å². The lowest BCUT2D eigenvalue weighted by atomic mass is 10.3. The number of H-pyrrole nitrogens is 1. The third-order valence-electron chi connectivity index (χ3n) is 3.21. The predicted molar refractivity (Wildman–Crippen MR) is 74.4 cm³/mol. The van der Waals surface area contributed by atoms with E-state index >= 15 is 0 Å². The standard InChI is InChI=1S/C14H15N5O/c1-9-4-3-5-12-18-11(8-19(9)12)14(20)17-10(2)13-15-6-7-16-13/h3-8,10H,1-2H3,(H,15,16)(H,17,20). The Hall–Kier alpha value is -2.63. The maximum Gasteiger partial charge on any atom is 0.272 e. The van der Waals surface area contributed by atoms with Crippen molar-refractivity contribution in [1.82, 2.24) is 24.7 Å². The van der Waals surface area contributed by atoms with Crippen LogP contribution in [0.15, 0.2) is 36.8 Å². The van der Waals surface area contributed by atoms with Gasteiger partial charge in [0.15, 0.2) is 0 Å². The van der Waals surface area contributed by atoms with Crippen LogP contribution >= 0.6 is 0 Å². The molecule has 1 atom stereocenters. The number of nitrogens with one attached hydrogen (secondary N) is 2. The molecule has 102 valence electrons. The predicted octanol–water partition coefficient (Wildman–Crippen LogP) is 1.86. The summed E-state index contributed by atoms with van der Waals surface area (Å²) in [6.45, 7) is 3.85. The minimum atomic E-state index is -0.211. The van der Waals surface area contributed by atoms with Gasteiger partial charge in [-0.05, 0) is 26.0 Å². The summed E-state index contributed by atoms with van der Waals surface area (Å²) in [4.78, 5) is 23.6. The highest BCUT2D eigenvalue weighted by molar-refractivity contribution is 5.93. The van der Waals surface area contributed by atoms with Gasteiger partial charge in [0.25, 0.3) is 5.91 Å². The monoisotopic (exact) mass is 269 g/mol. The Labute approximate surface area is 115 Å². The molecule has 0 aliphatic rings. The van der Waals surface area contributed by atoms with Crippen LogP contribution in [-0.2, 0) is 0 Å². The molecule has 6 heteroatoms. The molecule has 2 N–H and O–H groups in total. The second-order valence-electron chi connectivity index (χ2n) is 4.69. The number of aryl methyl sites for hydroxylation is 1. The Morgan fingerprint density at radius 1 is 1.45 bits per heavy atom. The van der Waals surface area contributed by atoms with Gasteiger partial charge in [0, 0.05) is 24.3 Å². The number of aromatic amines is 1. The number of imidazole rings is 2. The second kappa shape index (κ2) is 4.80. The molecule has 1 unspecified atom stereocenters. The molecule has 0 radical (unpaired) electrons. The highest BCUT2D eigenvalue weighted by Gasteiger charge is 2.16. The van der Waals surface area contributed by atoms with E-state index in [9.17, 15) is 4.79 Å². The van der Waals surface area contributed by atoms with Crippen LogP contribution in [0.5, 0.6) is 0 Å². The number of rotatable bonds is 3. The van der Waals surface area contributed by atoms with Gasteiger partial charge in [-0.15, -0.1) is 0 Å². The van der Waals surface area contributed by atoms with Crippen LogP contribution in [0.1, 0.15) is 35.0 Å². The molecule has 0 saturated carbocycles. The molecule has 0 bridgehead atoms. The molecule has 1 amide bonds. The van der Waals surface area contributed by atoms with Crippen LogP contribution in [0, 0.1) is 6.92 Å². The zero-order chi connectivity index (χ0) is 14.1. The first-order valence-electron chi connectivity index (χ1n) is 6.40. The van der Waals surface area contributed by atoms with Gasteiger partial charge in [0.1, 0.15) is 17.2 Å². The summed E-state index contributed by atoms with van der Waals surface area (Å²) in [5.74, 6) is 0.510. The molecule has 0 spiro atoms. The lowest BCUT2D eigenvalue weighted by Crippen LogP contribution is -2.27. The Balaban J connectivity index is 1.84. The molecule has 0 aliphatic heterocycles. The lowest BCUT2D eigenvalue weighted by molar-refractivity contribution is 0.0934. The normalized spacial score (nSPS) is 12.5. The van der Waals surface area contributed by atoms with Gasteiger partial charge < -0.3 is 14.7 Å². The van der Waals surface area contributed by atoms with Crippen molar-refractivity contribution in [2.75, 3.05) is 0 Å². The summed E-state index contributed by atoms with van der Waals surface area (Å²) in [6, 6.07) is 5.58. The van der Waals surface area contributed by atoms with Crippen molar-refractivity contribution >= 4 is 11.6 Å². The summed E-state index contributed by atoms with van der Waals surface area (Å²) >= 11 is 0. The summed E-state index contributed by atoms with van der Waals surface area (Å²) in [5.41, 5.74) is 2.20. The van der Waals surface area contributed by atoms with Crippen molar-refractivity contribution in [3.63, 3.8) is 0 Å². The highest BCUT2D eigenvalue weighted by atomic mass is 16.2. The molecule has 3 rings (SSSR count). The first kappa shape index (κ1) is 12.4. The Bertz CT molecular complexity index is 744. The van der Waals surface area contributed by atoms with E-state index in [0.29, 0.717) is 5.69 Å². The number of fused-ring (bicyclic) bond motifs is 1. The van der Waals surface area contributed by atoms with E-state index in [1.54, 1.807) is 18.6 Å². The summed E-state index contributed by atoms with van der Waals surface area (Å²) in [7, 11) is 0. The molecule has 0 aromatic carbocycles. The van der Waals surface area contributed by atoms with Gasteiger partial charge in [0.2, 0.25) is 0 Å². The van der Waals surface area contributed by atoms with E-state index in [-0.39, 0.29) is 11.9 Å². The second-order valence-corrected chi connectivity index (χ2v) is 4.69. The third-order valence-corrected chi connectivity index (χ3v) is 3.21. The molecule has 3 aromatic rings. The maximum absolute atomic E-state index is 12.2. The fourth-order valence-electron chi connectivity index (χ4n) is 2.11. The molecule has 3 aromatic heterocycles. The number of carbonyl (C=O) groups excluding carboxylic acids is 1. The van der Waals surface area contributed by atoms with Gasteiger partial charge in [0.05, 0.1) is 6.04 Å². The van der Waals surface area contributed by atoms with Crippen LogP contribution in [0.25, 0.3) is 5.65 Å². The van der Waals surface area contributed by atoms with Gasteiger partial charge in [-0.2, -0.15) is 0 Å². The first-order valence-corrected chi connectivity index (χ1v) is 6.40. The van der Waals surface area contributed by atoms with Crippen LogP contribution in [0.2, 0.25) is 0 Å². The van der Waals surface area contributed by atoms with Gasteiger partial charge in [-0.1, -0.05) is 6.07 Å². The number of aromatic nitrogens is 4. The number of pyridine rings is 1. The molecule has 3 heterocycles. The molecule has 6 nitrogen and oxygen atoms in total. The summed E-state index contributed by atoms with van der Waals surface area (Å²) < 4.78 is 1.90. The summed E-state index contributed by atoms with van der Waals surface area (Å²) in [5, 5.41) is 2.87. The zero-order valence-corrected chi connectivity index (χ0v) is 11.3. The number of amides is 1. The summed E-state index contributed by atoms with van der Waals surface area (Å²) in [6.07, 6.45) is 5.13. The van der Waals surface area contributed by atoms with Crippen LogP contribution in [-0.4, -0.2) is 25.3 Å². The van der Waals surface area contributed by atoms with E-state index in [1.165, 1.54) is 0 Å². The minimum Gasteiger partial charge on any atom is -0.347 e. The maximum atomic E-state index is 12.2. The van der Waals surface area contributed by atoms with Crippen molar-refractivity contribution in [3.05, 3.63) is 54.0 Å². The van der Waals surface area contributed by atoms with E-state index in [1.807, 2.05) is 36.4 Å². The van der Waals surface area contributed by atoms with E-state index in [2.05, 4.69) is 20.3 Å². The molecule has 0 saturated heterocycles. The average molecular weight is 269 g/mol. The van der Waals surface area contributed by atoms with Crippen molar-refractivity contribution in [3.8, 4) is 0 Å². The van der Waals surface area contributed by atoms with Gasteiger partial charge >= 0.3 is 0 Å². The van der Waals surface area contributed by atoms with Crippen molar-refractivity contribution in [2.45, 2.75) is 19.9 Å². The molecule has 0 fully saturated rings. The average Bonchev–Trinajstić information content (AvgIpc) is 3.08. The number of carbonyl (C=O) groups is 1. The minimum absolute atomic E-state index is 0.191. The quantitative estimate of drug-likeness (QED) is 0.762. The molecular weight excluding hydrogens is 254 g/mol. The Kier molecular flexibility index (Phi) is 2.98. The first-order chi connectivity index (χ1) is 9.65. The van der Waals surface area contributed by atoms with E-state index in [4.69, 9.17) is 0 Å². The topological polar surface area (TPSA) is 75.1 Å². The largest absolute Gasteiger partial charge is 0.347 e. The van der Waals surface area contributed by atoms with Crippen LogP contribution in [0.3, 0.4) is 0 Å². The Morgan fingerprint density at radius 3 is 3.00 bits per heavy atom. The van der Waals surface area contributed by atoms with Gasteiger partial charge in [-0.25, -0.2) is 9.97 Å². The lowest BCUT2D eigenvalue weighted by Gasteiger charge is -2.09. The third kappa shape index (κ3) is 2.16. The van der Waals surface area contributed by atoms with E-state index in [0.717, 1.165) is 17.2 Å². The number of hydrogen-bond donors (Lipinski definition) is 2. The van der Waals surface area contributed by atoms with Crippen LogP contribution < -0.4 is 5.32 Å².